The third-order valence-corrected chi connectivity index (χ3v) is 3.74. The maximum absolute atomic E-state index is 11.8. The second-order valence-electron chi connectivity index (χ2n) is 4.78. The molecule has 0 spiro atoms. The first-order valence-corrected chi connectivity index (χ1v) is 6.22. The number of thiocarbonyl (C=S) groups is 1. The minimum Gasteiger partial charge on any atom is -0.389 e. The number of hydrogen-bond acceptors (Lipinski definition) is 3. The van der Waals surface area contributed by atoms with E-state index in [0.717, 1.165) is 17.5 Å². The standard InChI is InChI=1S/C13H12N2O2S/c14-11(18)8-3-1-2-7(4-8)6-15-12(16)9-5-10(9)13(15)17/h1-4,9-10H,5-6H2,(H2,14,18). The zero-order valence-electron chi connectivity index (χ0n) is 9.63. The Kier molecular flexibility index (Phi) is 2.45. The lowest BCUT2D eigenvalue weighted by molar-refractivity contribution is -0.142. The van der Waals surface area contributed by atoms with E-state index < -0.39 is 0 Å². The Morgan fingerprint density at radius 3 is 2.61 bits per heavy atom. The van der Waals surface area contributed by atoms with Gasteiger partial charge in [0, 0.05) is 5.56 Å². The summed E-state index contributed by atoms with van der Waals surface area (Å²) in [5.74, 6) is -0.163. The molecule has 0 aromatic heterocycles. The predicted octanol–water partition coefficient (Wildman–Crippen LogP) is 0.826. The van der Waals surface area contributed by atoms with Gasteiger partial charge in [0.2, 0.25) is 11.8 Å². The highest BCUT2D eigenvalue weighted by molar-refractivity contribution is 7.80. The summed E-state index contributed by atoms with van der Waals surface area (Å²) in [6.07, 6.45) is 0.737. The SMILES string of the molecule is NC(=S)c1cccc(CN2C(=O)C3CC3C2=O)c1. The maximum atomic E-state index is 11.8. The average Bonchev–Trinajstić information content (AvgIpc) is 3.10. The van der Waals surface area contributed by atoms with Crippen LogP contribution in [0.15, 0.2) is 24.3 Å². The van der Waals surface area contributed by atoms with E-state index in [9.17, 15) is 9.59 Å². The average molecular weight is 260 g/mol. The molecule has 3 rings (SSSR count). The summed E-state index contributed by atoms with van der Waals surface area (Å²) in [5, 5.41) is 0. The molecule has 1 heterocycles. The molecule has 1 saturated carbocycles. The van der Waals surface area contributed by atoms with Crippen LogP contribution in [-0.2, 0) is 16.1 Å². The topological polar surface area (TPSA) is 63.4 Å². The smallest absolute Gasteiger partial charge is 0.233 e. The van der Waals surface area contributed by atoms with E-state index in [-0.39, 0.29) is 23.7 Å². The highest BCUT2D eigenvalue weighted by Gasteiger charge is 2.58. The van der Waals surface area contributed by atoms with Crippen LogP contribution in [0.1, 0.15) is 17.5 Å². The highest BCUT2D eigenvalue weighted by atomic mass is 32.1. The first-order chi connectivity index (χ1) is 8.58. The zero-order valence-corrected chi connectivity index (χ0v) is 10.4. The van der Waals surface area contributed by atoms with Crippen LogP contribution in [0.25, 0.3) is 0 Å². The number of fused-ring (bicyclic) bond motifs is 1. The maximum Gasteiger partial charge on any atom is 0.233 e. The number of likely N-dealkylation sites (tertiary alicyclic amines) is 1. The molecular formula is C13H12N2O2S. The number of nitrogens with zero attached hydrogens (tertiary/aromatic N) is 1. The number of benzene rings is 1. The van der Waals surface area contributed by atoms with Crippen LogP contribution in [-0.4, -0.2) is 21.7 Å². The van der Waals surface area contributed by atoms with Crippen molar-refractivity contribution >= 4 is 29.0 Å². The van der Waals surface area contributed by atoms with Crippen molar-refractivity contribution in [3.05, 3.63) is 35.4 Å². The summed E-state index contributed by atoms with van der Waals surface area (Å²) >= 11 is 4.91. The summed E-state index contributed by atoms with van der Waals surface area (Å²) in [6, 6.07) is 7.34. The third kappa shape index (κ3) is 1.71. The molecule has 5 heteroatoms. The number of piperidine rings is 1. The molecule has 1 aliphatic heterocycles. The molecule has 1 aliphatic carbocycles. The molecule has 0 radical (unpaired) electrons. The Morgan fingerprint density at radius 1 is 1.33 bits per heavy atom. The Bertz CT molecular complexity index is 550. The van der Waals surface area contributed by atoms with Gasteiger partial charge >= 0.3 is 0 Å². The minimum atomic E-state index is -0.0451. The van der Waals surface area contributed by atoms with Gasteiger partial charge in [-0.15, -0.1) is 0 Å². The van der Waals surface area contributed by atoms with Crippen LogP contribution in [0, 0.1) is 11.8 Å². The summed E-state index contributed by atoms with van der Waals surface area (Å²) in [6.45, 7) is 0.321. The van der Waals surface area contributed by atoms with Gasteiger partial charge in [0.1, 0.15) is 4.99 Å². The molecule has 2 atom stereocenters. The number of carbonyl (C=O) groups is 2. The van der Waals surface area contributed by atoms with E-state index >= 15 is 0 Å². The molecule has 2 aliphatic rings. The van der Waals surface area contributed by atoms with Crippen molar-refractivity contribution < 1.29 is 9.59 Å². The molecule has 1 aromatic carbocycles. The van der Waals surface area contributed by atoms with Crippen molar-refractivity contribution in [3.63, 3.8) is 0 Å². The molecule has 2 N–H and O–H groups in total. The number of rotatable bonds is 3. The fraction of sp³-hybridized carbons (Fsp3) is 0.308. The highest BCUT2D eigenvalue weighted by Crippen LogP contribution is 2.47. The Balaban J connectivity index is 1.81. The van der Waals surface area contributed by atoms with Crippen molar-refractivity contribution in [2.45, 2.75) is 13.0 Å². The number of hydrogen-bond donors (Lipinski definition) is 1. The quantitative estimate of drug-likeness (QED) is 0.646. The largest absolute Gasteiger partial charge is 0.389 e. The predicted molar refractivity (Wildman–Crippen MR) is 69.5 cm³/mol. The number of amides is 2. The first-order valence-electron chi connectivity index (χ1n) is 5.82. The van der Waals surface area contributed by atoms with Crippen LogP contribution >= 0.6 is 12.2 Å². The van der Waals surface area contributed by atoms with Crippen molar-refractivity contribution in [3.8, 4) is 0 Å². The van der Waals surface area contributed by atoms with Gasteiger partial charge in [-0.05, 0) is 18.1 Å². The van der Waals surface area contributed by atoms with Gasteiger partial charge in [0.25, 0.3) is 0 Å². The minimum absolute atomic E-state index is 0.0364. The van der Waals surface area contributed by atoms with Gasteiger partial charge < -0.3 is 5.73 Å². The zero-order chi connectivity index (χ0) is 12.9. The van der Waals surface area contributed by atoms with E-state index in [1.165, 1.54) is 4.90 Å². The normalized spacial score (nSPS) is 25.2. The second kappa shape index (κ2) is 3.88. The van der Waals surface area contributed by atoms with Crippen molar-refractivity contribution in [2.24, 2.45) is 17.6 Å². The van der Waals surface area contributed by atoms with E-state index in [1.54, 1.807) is 0 Å². The molecule has 18 heavy (non-hydrogen) atoms. The van der Waals surface area contributed by atoms with Crippen LogP contribution in [0.3, 0.4) is 0 Å². The Morgan fingerprint density at radius 2 is 2.00 bits per heavy atom. The number of imide groups is 1. The van der Waals surface area contributed by atoms with Gasteiger partial charge in [-0.3, -0.25) is 14.5 Å². The fourth-order valence-corrected chi connectivity index (χ4v) is 2.54. The second-order valence-corrected chi connectivity index (χ2v) is 5.22. The molecular weight excluding hydrogens is 248 g/mol. The van der Waals surface area contributed by atoms with Crippen molar-refractivity contribution in [1.82, 2.24) is 4.90 Å². The van der Waals surface area contributed by atoms with Gasteiger partial charge in [0.15, 0.2) is 0 Å². The van der Waals surface area contributed by atoms with Crippen LogP contribution < -0.4 is 5.73 Å². The van der Waals surface area contributed by atoms with Gasteiger partial charge in [-0.25, -0.2) is 0 Å². The van der Waals surface area contributed by atoms with Crippen molar-refractivity contribution in [2.75, 3.05) is 0 Å². The van der Waals surface area contributed by atoms with E-state index in [2.05, 4.69) is 0 Å². The molecule has 2 fully saturated rings. The van der Waals surface area contributed by atoms with E-state index in [4.69, 9.17) is 18.0 Å². The van der Waals surface area contributed by atoms with E-state index in [0.29, 0.717) is 11.5 Å². The molecule has 4 nitrogen and oxygen atoms in total. The summed E-state index contributed by atoms with van der Waals surface area (Å²) in [5.41, 5.74) is 7.19. The lowest BCUT2D eigenvalue weighted by Gasteiger charge is -2.16. The summed E-state index contributed by atoms with van der Waals surface area (Å²) in [7, 11) is 0. The molecule has 1 saturated heterocycles. The van der Waals surface area contributed by atoms with Crippen LogP contribution in [0.2, 0.25) is 0 Å². The Hall–Kier alpha value is -1.75. The molecule has 0 bridgehead atoms. The monoisotopic (exact) mass is 260 g/mol. The first kappa shape index (κ1) is 11.3. The van der Waals surface area contributed by atoms with Crippen LogP contribution in [0.4, 0.5) is 0 Å². The lowest BCUT2D eigenvalue weighted by atomic mass is 10.1. The Labute approximate surface area is 110 Å². The third-order valence-electron chi connectivity index (χ3n) is 3.51. The summed E-state index contributed by atoms with van der Waals surface area (Å²) in [4.78, 5) is 25.3. The van der Waals surface area contributed by atoms with Crippen molar-refractivity contribution in [1.29, 1.82) is 0 Å². The van der Waals surface area contributed by atoms with Gasteiger partial charge in [-0.1, -0.05) is 30.4 Å². The van der Waals surface area contributed by atoms with Gasteiger partial charge in [-0.2, -0.15) is 0 Å². The molecule has 1 aromatic rings. The number of carbonyl (C=O) groups excluding carboxylic acids is 2. The fourth-order valence-electron chi connectivity index (χ4n) is 2.41. The van der Waals surface area contributed by atoms with Gasteiger partial charge in [0.05, 0.1) is 18.4 Å². The lowest BCUT2D eigenvalue weighted by Crippen LogP contribution is -2.32. The number of nitrogens with two attached hydrogens (primary N) is 1. The van der Waals surface area contributed by atoms with Crippen LogP contribution in [0.5, 0.6) is 0 Å². The molecule has 92 valence electrons. The van der Waals surface area contributed by atoms with E-state index in [1.807, 2.05) is 24.3 Å². The summed E-state index contributed by atoms with van der Waals surface area (Å²) < 4.78 is 0. The molecule has 2 amide bonds. The molecule has 2 unspecified atom stereocenters.